The van der Waals surface area contributed by atoms with Gasteiger partial charge < -0.3 is 5.73 Å². The zero-order valence-electron chi connectivity index (χ0n) is 16.5. The molecule has 0 bridgehead atoms. The van der Waals surface area contributed by atoms with Crippen LogP contribution in [0.25, 0.3) is 0 Å². The monoisotopic (exact) mass is 364 g/mol. The number of aryl methyl sites for hydroxylation is 1. The maximum atomic E-state index is 5.57. The molecule has 0 aliphatic heterocycles. The molecule has 0 atom stereocenters. The van der Waals surface area contributed by atoms with Crippen molar-refractivity contribution in [1.82, 2.24) is 15.0 Å². The third-order valence-corrected chi connectivity index (χ3v) is 4.29. The van der Waals surface area contributed by atoms with E-state index in [1.54, 1.807) is 0 Å². The highest BCUT2D eigenvalue weighted by Crippen LogP contribution is 2.30. The van der Waals surface area contributed by atoms with Gasteiger partial charge in [-0.15, -0.1) is 17.5 Å². The first kappa shape index (κ1) is 21.7. The zero-order valence-corrected chi connectivity index (χ0v) is 17.3. The van der Waals surface area contributed by atoms with Crippen LogP contribution in [0, 0.1) is 0 Å². The molecule has 1 aromatic heterocycles. The first-order chi connectivity index (χ1) is 11.1. The van der Waals surface area contributed by atoms with E-state index in [1.807, 2.05) is 10.9 Å². The Morgan fingerprint density at radius 3 is 2.00 bits per heavy atom. The van der Waals surface area contributed by atoms with Crippen molar-refractivity contribution in [2.24, 2.45) is 5.73 Å². The highest BCUT2D eigenvalue weighted by molar-refractivity contribution is 5.85. The molecule has 0 saturated carbocycles. The Labute approximate surface area is 158 Å². The lowest BCUT2D eigenvalue weighted by atomic mass is 9.79. The number of benzene rings is 1. The lowest BCUT2D eigenvalue weighted by Crippen LogP contribution is -2.17. The van der Waals surface area contributed by atoms with Gasteiger partial charge in [-0.2, -0.15) is 0 Å². The van der Waals surface area contributed by atoms with E-state index in [2.05, 4.69) is 70.1 Å². The number of hydrogen-bond acceptors (Lipinski definition) is 3. The molecule has 0 spiro atoms. The van der Waals surface area contributed by atoms with Gasteiger partial charge in [-0.1, -0.05) is 65.0 Å². The van der Waals surface area contributed by atoms with Gasteiger partial charge in [0.05, 0.1) is 12.2 Å². The Balaban J connectivity index is 0.00000312. The van der Waals surface area contributed by atoms with Crippen LogP contribution in [-0.4, -0.2) is 21.5 Å². The highest BCUT2D eigenvalue weighted by Gasteiger charge is 2.20. The highest BCUT2D eigenvalue weighted by atomic mass is 35.5. The van der Waals surface area contributed by atoms with Gasteiger partial charge in [0.1, 0.15) is 0 Å². The van der Waals surface area contributed by atoms with Crippen LogP contribution >= 0.6 is 12.4 Å². The molecule has 0 amide bonds. The maximum Gasteiger partial charge on any atom is 0.0827 e. The molecule has 2 N–H and O–H groups in total. The van der Waals surface area contributed by atoms with Crippen LogP contribution in [0.3, 0.4) is 0 Å². The lowest BCUT2D eigenvalue weighted by molar-refractivity contribution is 0.563. The van der Waals surface area contributed by atoms with Crippen LogP contribution in [0.5, 0.6) is 0 Å². The molecule has 2 rings (SSSR count). The van der Waals surface area contributed by atoms with Crippen LogP contribution in [0.4, 0.5) is 0 Å². The van der Waals surface area contributed by atoms with Gasteiger partial charge in [0.25, 0.3) is 0 Å². The Kier molecular flexibility index (Phi) is 7.21. The summed E-state index contributed by atoms with van der Waals surface area (Å²) in [7, 11) is 0. The van der Waals surface area contributed by atoms with Crippen LogP contribution in [-0.2, 0) is 23.8 Å². The van der Waals surface area contributed by atoms with Crippen molar-refractivity contribution in [2.45, 2.75) is 71.8 Å². The van der Waals surface area contributed by atoms with E-state index < -0.39 is 0 Å². The predicted octanol–water partition coefficient (Wildman–Crippen LogP) is 4.23. The molecule has 25 heavy (non-hydrogen) atoms. The SMILES string of the molecule is CC(C)(C)c1cc(Cn2cc(CCCN)nn2)cc(C(C)(C)C)c1.Cl. The van der Waals surface area contributed by atoms with Gasteiger partial charge in [0.15, 0.2) is 0 Å². The lowest BCUT2D eigenvalue weighted by Gasteiger charge is -2.26. The molecule has 140 valence electrons. The number of aromatic nitrogens is 3. The second kappa shape index (κ2) is 8.33. The predicted molar refractivity (Wildman–Crippen MR) is 108 cm³/mol. The number of rotatable bonds is 5. The first-order valence-electron chi connectivity index (χ1n) is 8.83. The fraction of sp³-hybridized carbons (Fsp3) is 0.600. The van der Waals surface area contributed by atoms with Gasteiger partial charge in [-0.3, -0.25) is 0 Å². The molecule has 0 fully saturated rings. The second-order valence-electron chi connectivity index (χ2n) is 8.72. The average molecular weight is 365 g/mol. The topological polar surface area (TPSA) is 56.7 Å². The molecule has 1 aromatic carbocycles. The molecule has 4 nitrogen and oxygen atoms in total. The van der Waals surface area contributed by atoms with Crippen molar-refractivity contribution in [2.75, 3.05) is 6.54 Å². The molecule has 0 aliphatic carbocycles. The van der Waals surface area contributed by atoms with E-state index in [-0.39, 0.29) is 23.2 Å². The minimum Gasteiger partial charge on any atom is -0.330 e. The van der Waals surface area contributed by atoms with Crippen molar-refractivity contribution in [3.63, 3.8) is 0 Å². The fourth-order valence-electron chi connectivity index (χ4n) is 2.65. The summed E-state index contributed by atoms with van der Waals surface area (Å²) in [5.74, 6) is 0. The Morgan fingerprint density at radius 2 is 1.52 bits per heavy atom. The Morgan fingerprint density at radius 1 is 0.960 bits per heavy atom. The number of halogens is 1. The van der Waals surface area contributed by atoms with E-state index in [0.717, 1.165) is 25.1 Å². The standard InChI is InChI=1S/C20H32N4.ClH/c1-19(2,3)16-10-15(11-17(12-16)20(4,5)6)13-24-14-18(22-23-24)8-7-9-21;/h10-12,14H,7-9,13,21H2,1-6H3;1H. The molecule has 1 heterocycles. The first-order valence-corrected chi connectivity index (χ1v) is 8.83. The Bertz CT molecular complexity index is 645. The van der Waals surface area contributed by atoms with Crippen molar-refractivity contribution >= 4 is 12.4 Å². The van der Waals surface area contributed by atoms with E-state index in [1.165, 1.54) is 16.7 Å². The fourth-order valence-corrected chi connectivity index (χ4v) is 2.65. The molecule has 2 aromatic rings. The summed E-state index contributed by atoms with van der Waals surface area (Å²) in [5, 5.41) is 8.52. The van der Waals surface area contributed by atoms with Crippen LogP contribution in [0.2, 0.25) is 0 Å². The summed E-state index contributed by atoms with van der Waals surface area (Å²) < 4.78 is 1.93. The van der Waals surface area contributed by atoms with E-state index in [0.29, 0.717) is 6.54 Å². The van der Waals surface area contributed by atoms with E-state index >= 15 is 0 Å². The van der Waals surface area contributed by atoms with E-state index in [4.69, 9.17) is 5.73 Å². The summed E-state index contributed by atoms with van der Waals surface area (Å²) in [6.07, 6.45) is 3.88. The molecule has 0 radical (unpaired) electrons. The number of nitrogens with zero attached hydrogens (tertiary/aromatic N) is 3. The number of nitrogens with two attached hydrogens (primary N) is 1. The molecular formula is C20H33ClN4. The van der Waals surface area contributed by atoms with Gasteiger partial charge in [0.2, 0.25) is 0 Å². The summed E-state index contributed by atoms with van der Waals surface area (Å²) in [5.41, 5.74) is 10.9. The van der Waals surface area contributed by atoms with Crippen molar-refractivity contribution in [3.05, 3.63) is 46.8 Å². The van der Waals surface area contributed by atoms with Crippen LogP contribution in [0.15, 0.2) is 24.4 Å². The van der Waals surface area contributed by atoms with Crippen molar-refractivity contribution in [1.29, 1.82) is 0 Å². The third-order valence-electron chi connectivity index (χ3n) is 4.29. The third kappa shape index (κ3) is 6.12. The van der Waals surface area contributed by atoms with Gasteiger partial charge in [0, 0.05) is 6.20 Å². The van der Waals surface area contributed by atoms with Crippen molar-refractivity contribution in [3.8, 4) is 0 Å². The molecular weight excluding hydrogens is 332 g/mol. The minimum atomic E-state index is 0. The smallest absolute Gasteiger partial charge is 0.0827 e. The zero-order chi connectivity index (χ0) is 18.0. The van der Waals surface area contributed by atoms with Gasteiger partial charge in [-0.25, -0.2) is 4.68 Å². The van der Waals surface area contributed by atoms with Crippen LogP contribution in [0.1, 0.15) is 70.3 Å². The average Bonchev–Trinajstić information content (AvgIpc) is 2.90. The Hall–Kier alpha value is -1.39. The summed E-state index contributed by atoms with van der Waals surface area (Å²) in [6.45, 7) is 15.0. The van der Waals surface area contributed by atoms with E-state index in [9.17, 15) is 0 Å². The molecule has 0 saturated heterocycles. The van der Waals surface area contributed by atoms with Gasteiger partial charge >= 0.3 is 0 Å². The number of hydrogen-bond donors (Lipinski definition) is 1. The minimum absolute atomic E-state index is 0. The summed E-state index contributed by atoms with van der Waals surface area (Å²) in [6, 6.07) is 6.95. The second-order valence-corrected chi connectivity index (χ2v) is 8.72. The summed E-state index contributed by atoms with van der Waals surface area (Å²) >= 11 is 0. The molecule has 5 heteroatoms. The largest absolute Gasteiger partial charge is 0.330 e. The molecule has 0 aliphatic rings. The van der Waals surface area contributed by atoms with Gasteiger partial charge in [-0.05, 0) is 46.9 Å². The normalized spacial score (nSPS) is 12.1. The van der Waals surface area contributed by atoms with Crippen LogP contribution < -0.4 is 5.73 Å². The van der Waals surface area contributed by atoms with Crippen molar-refractivity contribution < 1.29 is 0 Å². The summed E-state index contributed by atoms with van der Waals surface area (Å²) in [4.78, 5) is 0. The quantitative estimate of drug-likeness (QED) is 0.863. The molecule has 0 unspecified atom stereocenters. The maximum absolute atomic E-state index is 5.57.